The molecular weight excluding hydrogens is 324 g/mol. The van der Waals surface area contributed by atoms with Gasteiger partial charge in [0.2, 0.25) is 15.9 Å². The number of nitrogens with one attached hydrogen (secondary N) is 1. The highest BCUT2D eigenvalue weighted by Gasteiger charge is 2.37. The molecule has 0 bridgehead atoms. The first-order valence-electron chi connectivity index (χ1n) is 8.92. The van der Waals surface area contributed by atoms with Crippen LogP contribution >= 0.6 is 0 Å². The van der Waals surface area contributed by atoms with Gasteiger partial charge in [0.15, 0.2) is 0 Å². The van der Waals surface area contributed by atoms with Gasteiger partial charge in [-0.1, -0.05) is 50.8 Å². The van der Waals surface area contributed by atoms with Crippen LogP contribution in [0, 0.1) is 0 Å². The average molecular weight is 353 g/mol. The Hall–Kier alpha value is -1.40. The molecule has 0 aliphatic carbocycles. The Morgan fingerprint density at radius 2 is 1.92 bits per heavy atom. The zero-order chi connectivity index (χ0) is 17.4. The lowest BCUT2D eigenvalue weighted by Crippen LogP contribution is -2.51. The van der Waals surface area contributed by atoms with Crippen LogP contribution in [0.3, 0.4) is 0 Å². The summed E-state index contributed by atoms with van der Waals surface area (Å²) in [6, 6.07) is 7.79. The van der Waals surface area contributed by atoms with Gasteiger partial charge in [-0.15, -0.1) is 0 Å². The third kappa shape index (κ3) is 4.80. The highest BCUT2D eigenvalue weighted by molar-refractivity contribution is 7.89. The lowest BCUT2D eigenvalue weighted by Gasteiger charge is -2.33. The fraction of sp³-hybridized carbons (Fsp3) is 0.611. The molecule has 0 radical (unpaired) electrons. The minimum Gasteiger partial charge on any atom is -0.355 e. The molecule has 2 rings (SSSR count). The number of amides is 1. The molecule has 24 heavy (non-hydrogen) atoms. The van der Waals surface area contributed by atoms with Gasteiger partial charge in [-0.25, -0.2) is 8.42 Å². The first kappa shape index (κ1) is 18.9. The third-order valence-corrected chi connectivity index (χ3v) is 6.36. The molecule has 0 aromatic heterocycles. The highest BCUT2D eigenvalue weighted by Crippen LogP contribution is 2.25. The summed E-state index contributed by atoms with van der Waals surface area (Å²) in [5.41, 5.74) is 0. The van der Waals surface area contributed by atoms with Crippen LogP contribution in [0.2, 0.25) is 0 Å². The molecule has 1 N–H and O–H groups in total. The smallest absolute Gasteiger partial charge is 0.243 e. The van der Waals surface area contributed by atoms with Crippen LogP contribution in [0.25, 0.3) is 0 Å². The van der Waals surface area contributed by atoms with E-state index in [0.29, 0.717) is 19.5 Å². The van der Waals surface area contributed by atoms with Crippen LogP contribution in [0.4, 0.5) is 0 Å². The third-order valence-electron chi connectivity index (χ3n) is 4.44. The molecule has 1 fully saturated rings. The van der Waals surface area contributed by atoms with Crippen molar-refractivity contribution >= 4 is 15.9 Å². The molecule has 1 amide bonds. The second-order valence-electron chi connectivity index (χ2n) is 6.29. The van der Waals surface area contributed by atoms with Crippen molar-refractivity contribution in [2.45, 2.75) is 62.8 Å². The summed E-state index contributed by atoms with van der Waals surface area (Å²) in [7, 11) is -3.62. The fourth-order valence-electron chi connectivity index (χ4n) is 3.06. The predicted octanol–water partition coefficient (Wildman–Crippen LogP) is 2.93. The van der Waals surface area contributed by atoms with Crippen LogP contribution in [0.5, 0.6) is 0 Å². The molecule has 1 atom stereocenters. The number of sulfonamides is 1. The minimum atomic E-state index is -3.62. The van der Waals surface area contributed by atoms with Crippen LogP contribution in [-0.2, 0) is 14.8 Å². The molecule has 1 aliphatic heterocycles. The van der Waals surface area contributed by atoms with Gasteiger partial charge in [0.25, 0.3) is 0 Å². The van der Waals surface area contributed by atoms with E-state index >= 15 is 0 Å². The van der Waals surface area contributed by atoms with E-state index in [4.69, 9.17) is 0 Å². The van der Waals surface area contributed by atoms with Crippen LogP contribution in [0.1, 0.15) is 51.9 Å². The standard InChI is InChI=1S/C18H28N2O3S/c1-2-3-4-9-14-19-18(21)17-13-8-10-15-20(17)24(22,23)16-11-6-5-7-12-16/h5-7,11-12,17H,2-4,8-10,13-15H2,1H3,(H,19,21). The molecule has 1 saturated heterocycles. The summed E-state index contributed by atoms with van der Waals surface area (Å²) in [6.07, 6.45) is 6.62. The number of rotatable bonds is 8. The Balaban J connectivity index is 2.03. The number of carbonyl (C=O) groups is 1. The fourth-order valence-corrected chi connectivity index (χ4v) is 4.74. The van der Waals surface area contributed by atoms with Gasteiger partial charge in [0.1, 0.15) is 6.04 Å². The lowest BCUT2D eigenvalue weighted by molar-refractivity contribution is -0.125. The first-order valence-corrected chi connectivity index (χ1v) is 10.4. The van der Waals surface area contributed by atoms with Crippen LogP contribution in [0.15, 0.2) is 35.2 Å². The molecule has 1 heterocycles. The SMILES string of the molecule is CCCCCCNC(=O)C1CCCCN1S(=O)(=O)c1ccccc1. The maximum absolute atomic E-state index is 12.9. The zero-order valence-corrected chi connectivity index (χ0v) is 15.2. The Kier molecular flexibility index (Phi) is 7.24. The second kappa shape index (κ2) is 9.18. The minimum absolute atomic E-state index is 0.161. The first-order chi connectivity index (χ1) is 11.6. The molecule has 1 aromatic rings. The second-order valence-corrected chi connectivity index (χ2v) is 8.18. The summed E-state index contributed by atoms with van der Waals surface area (Å²) >= 11 is 0. The van der Waals surface area contributed by atoms with Crippen molar-refractivity contribution in [2.24, 2.45) is 0 Å². The van der Waals surface area contributed by atoms with E-state index in [1.54, 1.807) is 30.3 Å². The van der Waals surface area contributed by atoms with Gasteiger partial charge in [0.05, 0.1) is 4.90 Å². The highest BCUT2D eigenvalue weighted by atomic mass is 32.2. The number of hydrogen-bond acceptors (Lipinski definition) is 3. The van der Waals surface area contributed by atoms with Gasteiger partial charge in [-0.2, -0.15) is 4.31 Å². The van der Waals surface area contributed by atoms with Crippen molar-refractivity contribution in [3.8, 4) is 0 Å². The number of nitrogens with zero attached hydrogens (tertiary/aromatic N) is 1. The van der Waals surface area contributed by atoms with Crippen molar-refractivity contribution < 1.29 is 13.2 Å². The molecule has 0 saturated carbocycles. The zero-order valence-electron chi connectivity index (χ0n) is 14.4. The van der Waals surface area contributed by atoms with Gasteiger partial charge in [-0.05, 0) is 31.4 Å². The lowest BCUT2D eigenvalue weighted by atomic mass is 10.0. The van der Waals surface area contributed by atoms with Crippen molar-refractivity contribution in [3.05, 3.63) is 30.3 Å². The average Bonchev–Trinajstić information content (AvgIpc) is 2.62. The van der Waals surface area contributed by atoms with Crippen LogP contribution < -0.4 is 5.32 Å². The van der Waals surface area contributed by atoms with E-state index in [2.05, 4.69) is 12.2 Å². The van der Waals surface area contributed by atoms with Gasteiger partial charge < -0.3 is 5.32 Å². The number of unbranched alkanes of at least 4 members (excludes halogenated alkanes) is 3. The molecule has 5 nitrogen and oxygen atoms in total. The van der Waals surface area contributed by atoms with Crippen molar-refractivity contribution in [1.82, 2.24) is 9.62 Å². The predicted molar refractivity (Wildman–Crippen MR) is 95.1 cm³/mol. The molecule has 0 spiro atoms. The topological polar surface area (TPSA) is 66.5 Å². The summed E-state index contributed by atoms with van der Waals surface area (Å²) < 4.78 is 27.1. The van der Waals surface area contributed by atoms with E-state index < -0.39 is 16.1 Å². The number of hydrogen-bond donors (Lipinski definition) is 1. The molecule has 6 heteroatoms. The van der Waals surface area contributed by atoms with Gasteiger partial charge >= 0.3 is 0 Å². The summed E-state index contributed by atoms with van der Waals surface area (Å²) in [5, 5.41) is 2.92. The number of piperidine rings is 1. The normalized spacial score (nSPS) is 19.1. The molecule has 1 unspecified atom stereocenters. The largest absolute Gasteiger partial charge is 0.355 e. The molecular formula is C18H28N2O3S. The molecule has 134 valence electrons. The van der Waals surface area contributed by atoms with E-state index in [9.17, 15) is 13.2 Å². The van der Waals surface area contributed by atoms with Gasteiger partial charge in [0, 0.05) is 13.1 Å². The quantitative estimate of drug-likeness (QED) is 0.732. The van der Waals surface area contributed by atoms with Crippen molar-refractivity contribution in [3.63, 3.8) is 0 Å². The number of benzene rings is 1. The monoisotopic (exact) mass is 352 g/mol. The maximum atomic E-state index is 12.9. The van der Waals surface area contributed by atoms with Gasteiger partial charge in [-0.3, -0.25) is 4.79 Å². The Labute approximate surface area is 145 Å². The Bertz CT molecular complexity index is 616. The van der Waals surface area contributed by atoms with Crippen molar-refractivity contribution in [2.75, 3.05) is 13.1 Å². The Morgan fingerprint density at radius 1 is 1.17 bits per heavy atom. The van der Waals surface area contributed by atoms with Crippen LogP contribution in [-0.4, -0.2) is 37.8 Å². The Morgan fingerprint density at radius 3 is 2.62 bits per heavy atom. The molecule has 1 aliphatic rings. The van der Waals surface area contributed by atoms with E-state index in [-0.39, 0.29) is 10.8 Å². The summed E-state index contributed by atoms with van der Waals surface area (Å²) in [4.78, 5) is 12.8. The van der Waals surface area contributed by atoms with E-state index in [1.165, 1.54) is 4.31 Å². The molecule has 1 aromatic carbocycles. The van der Waals surface area contributed by atoms with E-state index in [0.717, 1.165) is 38.5 Å². The van der Waals surface area contributed by atoms with E-state index in [1.807, 2.05) is 0 Å². The number of carbonyl (C=O) groups excluding carboxylic acids is 1. The summed E-state index contributed by atoms with van der Waals surface area (Å²) in [5.74, 6) is -0.161. The van der Waals surface area contributed by atoms with Crippen molar-refractivity contribution in [1.29, 1.82) is 0 Å². The summed E-state index contributed by atoms with van der Waals surface area (Å²) in [6.45, 7) is 3.17. The maximum Gasteiger partial charge on any atom is 0.243 e.